The van der Waals surface area contributed by atoms with E-state index in [9.17, 15) is 14.0 Å². The molecule has 0 aliphatic carbocycles. The standard InChI is InChI=1S/C13H15BrFNO3/c1-13(2,3)19-11(17)7-16-12(18)9-6-8(14)4-5-10(9)15/h4-6H,7H2,1-3H3,(H,16,18). The number of amides is 1. The van der Waals surface area contributed by atoms with Gasteiger partial charge in [-0.2, -0.15) is 0 Å². The van der Waals surface area contributed by atoms with E-state index < -0.39 is 23.3 Å². The van der Waals surface area contributed by atoms with Crippen LogP contribution in [0.15, 0.2) is 22.7 Å². The lowest BCUT2D eigenvalue weighted by Gasteiger charge is -2.19. The summed E-state index contributed by atoms with van der Waals surface area (Å²) in [4.78, 5) is 23.1. The van der Waals surface area contributed by atoms with E-state index in [1.807, 2.05) is 0 Å². The molecule has 0 saturated heterocycles. The molecule has 1 aromatic rings. The highest BCUT2D eigenvalue weighted by molar-refractivity contribution is 9.10. The van der Waals surface area contributed by atoms with Gasteiger partial charge in [-0.1, -0.05) is 15.9 Å². The first-order valence-corrected chi connectivity index (χ1v) is 6.43. The SMILES string of the molecule is CC(C)(C)OC(=O)CNC(=O)c1cc(Br)ccc1F. The molecule has 0 saturated carbocycles. The average Bonchev–Trinajstić information content (AvgIpc) is 2.27. The maximum atomic E-state index is 13.4. The van der Waals surface area contributed by atoms with Crippen molar-refractivity contribution in [3.8, 4) is 0 Å². The van der Waals surface area contributed by atoms with Crippen molar-refractivity contribution in [1.29, 1.82) is 0 Å². The Balaban J connectivity index is 2.61. The Hall–Kier alpha value is -1.43. The van der Waals surface area contributed by atoms with E-state index >= 15 is 0 Å². The minimum atomic E-state index is -0.662. The number of ether oxygens (including phenoxy) is 1. The second kappa shape index (κ2) is 6.14. The van der Waals surface area contributed by atoms with Crippen LogP contribution in [0.25, 0.3) is 0 Å². The summed E-state index contributed by atoms with van der Waals surface area (Å²) in [5.74, 6) is -1.88. The lowest BCUT2D eigenvalue weighted by Crippen LogP contribution is -2.34. The van der Waals surface area contributed by atoms with Crippen molar-refractivity contribution in [2.45, 2.75) is 26.4 Å². The maximum Gasteiger partial charge on any atom is 0.325 e. The minimum Gasteiger partial charge on any atom is -0.459 e. The molecule has 1 amide bonds. The Kier molecular flexibility index (Phi) is 5.05. The van der Waals surface area contributed by atoms with Gasteiger partial charge in [0.2, 0.25) is 0 Å². The Bertz CT molecular complexity index is 497. The Morgan fingerprint density at radius 3 is 2.58 bits per heavy atom. The smallest absolute Gasteiger partial charge is 0.325 e. The average molecular weight is 332 g/mol. The van der Waals surface area contributed by atoms with Crippen molar-refractivity contribution in [3.05, 3.63) is 34.1 Å². The molecule has 0 aliphatic heterocycles. The van der Waals surface area contributed by atoms with Crippen molar-refractivity contribution < 1.29 is 18.7 Å². The predicted molar refractivity (Wildman–Crippen MR) is 72.3 cm³/mol. The summed E-state index contributed by atoms with van der Waals surface area (Å²) in [6.07, 6.45) is 0. The third-order valence-corrected chi connectivity index (χ3v) is 2.48. The summed E-state index contributed by atoms with van der Waals surface area (Å²) >= 11 is 3.15. The van der Waals surface area contributed by atoms with Gasteiger partial charge in [0, 0.05) is 4.47 Å². The van der Waals surface area contributed by atoms with Gasteiger partial charge >= 0.3 is 5.97 Å². The fourth-order valence-electron chi connectivity index (χ4n) is 1.30. The Labute approximate surface area is 119 Å². The molecule has 6 heteroatoms. The van der Waals surface area contributed by atoms with E-state index in [-0.39, 0.29) is 12.1 Å². The summed E-state index contributed by atoms with van der Waals surface area (Å²) in [5, 5.41) is 2.32. The van der Waals surface area contributed by atoms with Gasteiger partial charge in [-0.15, -0.1) is 0 Å². The number of rotatable bonds is 3. The molecule has 19 heavy (non-hydrogen) atoms. The third-order valence-electron chi connectivity index (χ3n) is 1.99. The van der Waals surface area contributed by atoms with Gasteiger partial charge in [-0.3, -0.25) is 9.59 Å². The van der Waals surface area contributed by atoms with E-state index in [1.165, 1.54) is 18.2 Å². The molecule has 104 valence electrons. The minimum absolute atomic E-state index is 0.127. The zero-order valence-electron chi connectivity index (χ0n) is 10.9. The molecule has 0 heterocycles. The molecule has 1 aromatic carbocycles. The number of halogens is 2. The van der Waals surface area contributed by atoms with Crippen LogP contribution in [0, 0.1) is 5.82 Å². The quantitative estimate of drug-likeness (QED) is 0.866. The van der Waals surface area contributed by atoms with Gasteiger partial charge in [0.1, 0.15) is 18.0 Å². The first-order chi connectivity index (χ1) is 8.69. The van der Waals surface area contributed by atoms with Gasteiger partial charge in [0.25, 0.3) is 5.91 Å². The van der Waals surface area contributed by atoms with Crippen LogP contribution in [0.1, 0.15) is 31.1 Å². The summed E-state index contributed by atoms with van der Waals surface area (Å²) in [6, 6.07) is 4.01. The summed E-state index contributed by atoms with van der Waals surface area (Å²) < 4.78 is 19.0. The predicted octanol–water partition coefficient (Wildman–Crippen LogP) is 2.66. The Morgan fingerprint density at radius 2 is 2.00 bits per heavy atom. The molecule has 1 N–H and O–H groups in total. The molecular formula is C13H15BrFNO3. The van der Waals surface area contributed by atoms with E-state index in [2.05, 4.69) is 21.2 Å². The molecular weight excluding hydrogens is 317 g/mol. The molecule has 0 atom stereocenters. The highest BCUT2D eigenvalue weighted by atomic mass is 79.9. The molecule has 0 aromatic heterocycles. The normalized spacial score (nSPS) is 11.0. The molecule has 0 bridgehead atoms. The maximum absolute atomic E-state index is 13.4. The van der Waals surface area contributed by atoms with Crippen molar-refractivity contribution >= 4 is 27.8 Å². The Morgan fingerprint density at radius 1 is 1.37 bits per heavy atom. The van der Waals surface area contributed by atoms with Crippen molar-refractivity contribution in [2.75, 3.05) is 6.54 Å². The molecule has 1 rings (SSSR count). The first kappa shape index (κ1) is 15.6. The highest BCUT2D eigenvalue weighted by Gasteiger charge is 2.18. The van der Waals surface area contributed by atoms with E-state index in [4.69, 9.17) is 4.74 Å². The molecule has 0 fully saturated rings. The van der Waals surface area contributed by atoms with Gasteiger partial charge in [-0.25, -0.2) is 4.39 Å². The van der Waals surface area contributed by atoms with Crippen LogP contribution in [0.3, 0.4) is 0 Å². The number of hydrogen-bond acceptors (Lipinski definition) is 3. The van der Waals surface area contributed by atoms with Crippen LogP contribution in [-0.4, -0.2) is 24.0 Å². The molecule has 0 unspecified atom stereocenters. The topological polar surface area (TPSA) is 55.4 Å². The van der Waals surface area contributed by atoms with Gasteiger partial charge in [0.05, 0.1) is 5.56 Å². The molecule has 0 spiro atoms. The van der Waals surface area contributed by atoms with Crippen LogP contribution in [-0.2, 0) is 9.53 Å². The van der Waals surface area contributed by atoms with Crippen molar-refractivity contribution in [3.63, 3.8) is 0 Å². The lowest BCUT2D eigenvalue weighted by atomic mass is 10.2. The van der Waals surface area contributed by atoms with E-state index in [0.29, 0.717) is 4.47 Å². The van der Waals surface area contributed by atoms with Gasteiger partial charge < -0.3 is 10.1 Å². The van der Waals surface area contributed by atoms with Crippen molar-refractivity contribution in [2.24, 2.45) is 0 Å². The second-order valence-electron chi connectivity index (χ2n) is 4.89. The van der Waals surface area contributed by atoms with Gasteiger partial charge in [0.15, 0.2) is 0 Å². The van der Waals surface area contributed by atoms with Crippen LogP contribution >= 0.6 is 15.9 Å². The number of benzene rings is 1. The van der Waals surface area contributed by atoms with Crippen LogP contribution in [0.5, 0.6) is 0 Å². The molecule has 0 radical (unpaired) electrons. The third kappa shape index (κ3) is 5.38. The fourth-order valence-corrected chi connectivity index (χ4v) is 1.66. The molecule has 4 nitrogen and oxygen atoms in total. The van der Waals surface area contributed by atoms with E-state index in [1.54, 1.807) is 20.8 Å². The second-order valence-corrected chi connectivity index (χ2v) is 5.81. The summed E-state index contributed by atoms with van der Waals surface area (Å²) in [7, 11) is 0. The monoisotopic (exact) mass is 331 g/mol. The van der Waals surface area contributed by atoms with Gasteiger partial charge in [-0.05, 0) is 39.0 Å². The van der Waals surface area contributed by atoms with Crippen LogP contribution in [0.2, 0.25) is 0 Å². The van der Waals surface area contributed by atoms with Crippen LogP contribution < -0.4 is 5.32 Å². The van der Waals surface area contributed by atoms with E-state index in [0.717, 1.165) is 0 Å². The van der Waals surface area contributed by atoms with Crippen molar-refractivity contribution in [1.82, 2.24) is 5.32 Å². The number of hydrogen-bond donors (Lipinski definition) is 1. The van der Waals surface area contributed by atoms with Crippen LogP contribution in [0.4, 0.5) is 4.39 Å². The summed E-state index contributed by atoms with van der Waals surface area (Å²) in [6.45, 7) is 4.87. The largest absolute Gasteiger partial charge is 0.459 e. The number of esters is 1. The lowest BCUT2D eigenvalue weighted by molar-refractivity contribution is -0.153. The fraction of sp³-hybridized carbons (Fsp3) is 0.385. The number of nitrogens with one attached hydrogen (secondary N) is 1. The number of carbonyl (C=O) groups excluding carboxylic acids is 2. The number of carbonyl (C=O) groups is 2. The zero-order chi connectivity index (χ0) is 14.6. The highest BCUT2D eigenvalue weighted by Crippen LogP contribution is 2.15. The first-order valence-electron chi connectivity index (χ1n) is 5.64. The molecule has 0 aliphatic rings. The summed E-state index contributed by atoms with van der Waals surface area (Å²) in [5.41, 5.74) is -0.749. The zero-order valence-corrected chi connectivity index (χ0v) is 12.5.